The van der Waals surface area contributed by atoms with E-state index in [0.717, 1.165) is 25.7 Å². The van der Waals surface area contributed by atoms with E-state index in [4.69, 9.17) is 5.11 Å². The number of aliphatic carboxylic acids is 1. The van der Waals surface area contributed by atoms with Crippen LogP contribution in [0.5, 0.6) is 0 Å². The number of nitrogens with zero attached hydrogens (tertiary/aromatic N) is 1. The van der Waals surface area contributed by atoms with Gasteiger partial charge in [-0.1, -0.05) is 24.3 Å². The van der Waals surface area contributed by atoms with Gasteiger partial charge in [0.25, 0.3) is 0 Å². The fourth-order valence-corrected chi connectivity index (χ4v) is 4.46. The molecule has 1 aromatic rings. The van der Waals surface area contributed by atoms with Crippen molar-refractivity contribution in [2.45, 2.75) is 37.3 Å². The first-order valence-corrected chi connectivity index (χ1v) is 8.27. The van der Waals surface area contributed by atoms with Gasteiger partial charge in [0.1, 0.15) is 0 Å². The van der Waals surface area contributed by atoms with Gasteiger partial charge in [-0.15, -0.1) is 0 Å². The number of carbonyl (C=O) groups is 2. The lowest BCUT2D eigenvalue weighted by molar-refractivity contribution is -0.153. The minimum absolute atomic E-state index is 0.00668. The first-order valence-electron chi connectivity index (χ1n) is 8.27. The third kappa shape index (κ3) is 2.17. The SMILES string of the molecule is O=C(O)C(F)C1CN(C(=O)C2CC23CCCc2ccccc23)C1. The van der Waals surface area contributed by atoms with Crippen LogP contribution in [0.2, 0.25) is 0 Å². The molecule has 2 aliphatic carbocycles. The fraction of sp³-hybridized carbons (Fsp3) is 0.556. The lowest BCUT2D eigenvalue weighted by Gasteiger charge is -2.40. The van der Waals surface area contributed by atoms with E-state index >= 15 is 0 Å². The molecule has 1 saturated carbocycles. The molecule has 1 amide bonds. The standard InChI is InChI=1S/C18H20FNO3/c19-15(17(22)23)12-9-20(10-12)16(21)14-8-18(14)7-3-5-11-4-1-2-6-13(11)18/h1-2,4,6,12,14-15H,3,5,7-10H2,(H,22,23). The Balaban J connectivity index is 1.45. The molecular weight excluding hydrogens is 297 g/mol. The highest BCUT2D eigenvalue weighted by atomic mass is 19.1. The summed E-state index contributed by atoms with van der Waals surface area (Å²) in [6, 6.07) is 8.37. The van der Waals surface area contributed by atoms with Gasteiger partial charge in [-0.05, 0) is 36.8 Å². The van der Waals surface area contributed by atoms with Crippen LogP contribution in [0.15, 0.2) is 24.3 Å². The fourth-order valence-electron chi connectivity index (χ4n) is 4.46. The highest BCUT2D eigenvalue weighted by molar-refractivity contribution is 5.86. The zero-order valence-corrected chi connectivity index (χ0v) is 12.9. The van der Waals surface area contributed by atoms with Crippen LogP contribution in [0.25, 0.3) is 0 Å². The van der Waals surface area contributed by atoms with Crippen LogP contribution in [0.4, 0.5) is 4.39 Å². The number of halogens is 1. The highest BCUT2D eigenvalue weighted by Gasteiger charge is 2.61. The van der Waals surface area contributed by atoms with Crippen LogP contribution in [0.1, 0.15) is 30.4 Å². The number of amides is 1. The summed E-state index contributed by atoms with van der Waals surface area (Å²) in [7, 11) is 0. The molecule has 1 N–H and O–H groups in total. The van der Waals surface area contributed by atoms with E-state index < -0.39 is 18.1 Å². The Kier molecular flexibility index (Phi) is 3.22. The Morgan fingerprint density at radius 3 is 2.78 bits per heavy atom. The van der Waals surface area contributed by atoms with E-state index in [-0.39, 0.29) is 30.3 Å². The van der Waals surface area contributed by atoms with Crippen LogP contribution in [-0.4, -0.2) is 41.1 Å². The summed E-state index contributed by atoms with van der Waals surface area (Å²) in [6.45, 7) is 0.473. The van der Waals surface area contributed by atoms with Gasteiger partial charge in [0.15, 0.2) is 0 Å². The molecule has 0 bridgehead atoms. The van der Waals surface area contributed by atoms with Gasteiger partial charge in [0.2, 0.25) is 12.1 Å². The number of benzene rings is 1. The van der Waals surface area contributed by atoms with Gasteiger partial charge in [0.05, 0.1) is 0 Å². The molecule has 3 atom stereocenters. The van der Waals surface area contributed by atoms with Crippen LogP contribution in [0, 0.1) is 11.8 Å². The van der Waals surface area contributed by atoms with E-state index in [9.17, 15) is 14.0 Å². The maximum absolute atomic E-state index is 13.4. The molecule has 1 spiro atoms. The number of likely N-dealkylation sites (tertiary alicyclic amines) is 1. The van der Waals surface area contributed by atoms with Crippen molar-refractivity contribution in [3.63, 3.8) is 0 Å². The highest BCUT2D eigenvalue weighted by Crippen LogP contribution is 2.61. The maximum Gasteiger partial charge on any atom is 0.338 e. The number of carboxylic acid groups (broad SMARTS) is 1. The van der Waals surface area contributed by atoms with E-state index in [0.29, 0.717) is 0 Å². The van der Waals surface area contributed by atoms with E-state index in [1.807, 2.05) is 12.1 Å². The van der Waals surface area contributed by atoms with Crippen molar-refractivity contribution in [2.24, 2.45) is 11.8 Å². The molecule has 0 radical (unpaired) electrons. The number of alkyl halides is 1. The second-order valence-corrected chi connectivity index (χ2v) is 7.17. The van der Waals surface area contributed by atoms with Gasteiger partial charge >= 0.3 is 5.97 Å². The molecule has 5 heteroatoms. The predicted octanol–water partition coefficient (Wildman–Crippen LogP) is 2.16. The molecule has 3 aliphatic rings. The van der Waals surface area contributed by atoms with Crippen molar-refractivity contribution in [2.75, 3.05) is 13.1 Å². The van der Waals surface area contributed by atoms with E-state index in [1.165, 1.54) is 11.1 Å². The largest absolute Gasteiger partial charge is 0.479 e. The normalized spacial score (nSPS) is 30.5. The van der Waals surface area contributed by atoms with Crippen LogP contribution >= 0.6 is 0 Å². The van der Waals surface area contributed by atoms with E-state index in [1.54, 1.807) is 4.90 Å². The molecule has 1 aromatic carbocycles. The molecule has 4 nitrogen and oxygen atoms in total. The molecule has 3 unspecified atom stereocenters. The third-order valence-electron chi connectivity index (χ3n) is 5.87. The molecule has 2 fully saturated rings. The summed E-state index contributed by atoms with van der Waals surface area (Å²) in [5.41, 5.74) is 2.65. The summed E-state index contributed by atoms with van der Waals surface area (Å²) in [5, 5.41) is 8.69. The molecule has 122 valence electrons. The van der Waals surface area contributed by atoms with Crippen molar-refractivity contribution in [1.29, 1.82) is 0 Å². The summed E-state index contributed by atoms with van der Waals surface area (Å²) in [5.74, 6) is -1.90. The molecule has 23 heavy (non-hydrogen) atoms. The first-order chi connectivity index (χ1) is 11.0. The number of hydrogen-bond acceptors (Lipinski definition) is 2. The van der Waals surface area contributed by atoms with Gasteiger partial charge < -0.3 is 10.0 Å². The van der Waals surface area contributed by atoms with Gasteiger partial charge in [-0.25, -0.2) is 9.18 Å². The first kappa shape index (κ1) is 14.7. The number of carbonyl (C=O) groups excluding carboxylic acids is 1. The number of hydrogen-bond donors (Lipinski definition) is 1. The molecule has 4 rings (SSSR count). The zero-order valence-electron chi connectivity index (χ0n) is 12.9. The lowest BCUT2D eigenvalue weighted by Crippen LogP contribution is -2.55. The van der Waals surface area contributed by atoms with E-state index in [2.05, 4.69) is 12.1 Å². The molecule has 1 aliphatic heterocycles. The average molecular weight is 317 g/mol. The smallest absolute Gasteiger partial charge is 0.338 e. The van der Waals surface area contributed by atoms with Gasteiger partial charge in [-0.2, -0.15) is 0 Å². The molecule has 1 heterocycles. The Labute approximate surface area is 134 Å². The zero-order chi connectivity index (χ0) is 16.2. The maximum atomic E-state index is 13.4. The number of carboxylic acids is 1. The molecule has 1 saturated heterocycles. The van der Waals surface area contributed by atoms with Crippen molar-refractivity contribution >= 4 is 11.9 Å². The minimum atomic E-state index is -1.86. The minimum Gasteiger partial charge on any atom is -0.479 e. The Bertz CT molecular complexity index is 670. The second-order valence-electron chi connectivity index (χ2n) is 7.17. The average Bonchev–Trinajstić information content (AvgIpc) is 3.21. The Morgan fingerprint density at radius 1 is 1.30 bits per heavy atom. The quantitative estimate of drug-likeness (QED) is 0.929. The van der Waals surface area contributed by atoms with Gasteiger partial charge in [0, 0.05) is 30.3 Å². The molecule has 0 aromatic heterocycles. The summed E-state index contributed by atoms with van der Waals surface area (Å²) in [6.07, 6.45) is 2.24. The van der Waals surface area contributed by atoms with Crippen molar-refractivity contribution < 1.29 is 19.1 Å². The monoisotopic (exact) mass is 317 g/mol. The Morgan fingerprint density at radius 2 is 2.04 bits per heavy atom. The van der Waals surface area contributed by atoms with Crippen molar-refractivity contribution in [3.05, 3.63) is 35.4 Å². The lowest BCUT2D eigenvalue weighted by atomic mass is 9.78. The van der Waals surface area contributed by atoms with Crippen LogP contribution in [-0.2, 0) is 21.4 Å². The molecular formula is C18H20FNO3. The van der Waals surface area contributed by atoms with Crippen LogP contribution < -0.4 is 0 Å². The van der Waals surface area contributed by atoms with Crippen molar-refractivity contribution in [3.8, 4) is 0 Å². The number of rotatable bonds is 3. The Hall–Kier alpha value is -1.91. The predicted molar refractivity (Wildman–Crippen MR) is 81.8 cm³/mol. The summed E-state index contributed by atoms with van der Waals surface area (Å²) >= 11 is 0. The topological polar surface area (TPSA) is 57.6 Å². The number of aryl methyl sites for hydroxylation is 1. The van der Waals surface area contributed by atoms with Gasteiger partial charge in [-0.3, -0.25) is 4.79 Å². The third-order valence-corrected chi connectivity index (χ3v) is 5.87. The summed E-state index contributed by atoms with van der Waals surface area (Å²) < 4.78 is 13.4. The summed E-state index contributed by atoms with van der Waals surface area (Å²) in [4.78, 5) is 25.0. The van der Waals surface area contributed by atoms with Crippen LogP contribution in [0.3, 0.4) is 0 Å². The second kappa shape index (κ2) is 5.05. The van der Waals surface area contributed by atoms with Crippen molar-refractivity contribution in [1.82, 2.24) is 4.90 Å². The number of fused-ring (bicyclic) bond motifs is 2.